The van der Waals surface area contributed by atoms with Gasteiger partial charge >= 0.3 is 0 Å². The van der Waals surface area contributed by atoms with E-state index in [0.717, 1.165) is 6.42 Å². The maximum absolute atomic E-state index is 12.2. The zero-order chi connectivity index (χ0) is 16.2. The number of halogens is 1. The van der Waals surface area contributed by atoms with Gasteiger partial charge in [0, 0.05) is 17.0 Å². The summed E-state index contributed by atoms with van der Waals surface area (Å²) in [5, 5.41) is 3.39. The molecule has 0 aromatic heterocycles. The fourth-order valence-corrected chi connectivity index (χ4v) is 2.82. The number of hydrogen-bond acceptors (Lipinski definition) is 2. The van der Waals surface area contributed by atoms with Crippen molar-refractivity contribution in [3.05, 3.63) is 28.8 Å². The predicted molar refractivity (Wildman–Crippen MR) is 93.8 cm³/mol. The quantitative estimate of drug-likeness (QED) is 0.790. The van der Waals surface area contributed by atoms with E-state index in [4.69, 9.17) is 29.6 Å². The number of thiocarbonyl (C=S) groups is 1. The van der Waals surface area contributed by atoms with Crippen LogP contribution < -0.4 is 11.1 Å². The summed E-state index contributed by atoms with van der Waals surface area (Å²) in [5.74, 6) is 0.254. The molecule has 0 saturated carbocycles. The number of carbonyl (C=O) groups is 1. The minimum absolute atomic E-state index is 0.0495. The van der Waals surface area contributed by atoms with Gasteiger partial charge in [0.1, 0.15) is 4.99 Å². The third kappa shape index (κ3) is 6.44. The number of rotatable bonds is 5. The SMILES string of the molecule is CC(CC(=O)Nc1cc(Cl)ccc1C(N)=S)CC(C)(C)C. The molecule has 0 heterocycles. The largest absolute Gasteiger partial charge is 0.389 e. The molecule has 0 radical (unpaired) electrons. The zero-order valence-corrected chi connectivity index (χ0v) is 14.6. The van der Waals surface area contributed by atoms with Crippen LogP contribution in [0.15, 0.2) is 18.2 Å². The number of anilines is 1. The fraction of sp³-hybridized carbons (Fsp3) is 0.500. The average molecular weight is 327 g/mol. The molecule has 1 aromatic carbocycles. The molecule has 1 rings (SSSR count). The maximum Gasteiger partial charge on any atom is 0.224 e. The van der Waals surface area contributed by atoms with Crippen LogP contribution in [-0.4, -0.2) is 10.9 Å². The lowest BCUT2D eigenvalue weighted by Gasteiger charge is -2.23. The van der Waals surface area contributed by atoms with Gasteiger partial charge in [-0.25, -0.2) is 0 Å². The normalized spacial score (nSPS) is 12.8. The average Bonchev–Trinajstić information content (AvgIpc) is 2.24. The lowest BCUT2D eigenvalue weighted by molar-refractivity contribution is -0.117. The second-order valence-corrected chi connectivity index (χ2v) is 7.55. The number of benzene rings is 1. The molecular weight excluding hydrogens is 304 g/mol. The highest BCUT2D eigenvalue weighted by molar-refractivity contribution is 7.80. The highest BCUT2D eigenvalue weighted by Crippen LogP contribution is 2.27. The van der Waals surface area contributed by atoms with Gasteiger partial charge in [-0.1, -0.05) is 51.5 Å². The van der Waals surface area contributed by atoms with Crippen molar-refractivity contribution in [2.75, 3.05) is 5.32 Å². The molecule has 0 spiro atoms. The van der Waals surface area contributed by atoms with Crippen LogP contribution in [-0.2, 0) is 4.79 Å². The Morgan fingerprint density at radius 3 is 2.57 bits per heavy atom. The molecule has 0 aliphatic carbocycles. The Morgan fingerprint density at radius 2 is 2.05 bits per heavy atom. The van der Waals surface area contributed by atoms with Crippen molar-refractivity contribution in [1.29, 1.82) is 0 Å². The maximum atomic E-state index is 12.2. The molecule has 1 aromatic rings. The summed E-state index contributed by atoms with van der Waals surface area (Å²) < 4.78 is 0. The summed E-state index contributed by atoms with van der Waals surface area (Å²) in [6, 6.07) is 5.09. The highest BCUT2D eigenvalue weighted by Gasteiger charge is 2.18. The fourth-order valence-electron chi connectivity index (χ4n) is 2.47. The van der Waals surface area contributed by atoms with Crippen LogP contribution in [0.25, 0.3) is 0 Å². The van der Waals surface area contributed by atoms with Crippen molar-refractivity contribution in [3.63, 3.8) is 0 Å². The van der Waals surface area contributed by atoms with Crippen molar-refractivity contribution in [3.8, 4) is 0 Å². The van der Waals surface area contributed by atoms with Crippen LogP contribution in [0.4, 0.5) is 5.69 Å². The second-order valence-electron chi connectivity index (χ2n) is 6.68. The molecular formula is C16H23ClN2OS. The Labute approximate surface area is 137 Å². The van der Waals surface area contributed by atoms with Gasteiger partial charge < -0.3 is 11.1 Å². The summed E-state index contributed by atoms with van der Waals surface area (Å²) in [4.78, 5) is 12.4. The van der Waals surface area contributed by atoms with E-state index in [1.54, 1.807) is 18.2 Å². The molecule has 3 nitrogen and oxygen atoms in total. The lowest BCUT2D eigenvalue weighted by atomic mass is 9.84. The van der Waals surface area contributed by atoms with Crippen LogP contribution in [0.1, 0.15) is 46.1 Å². The Balaban J connectivity index is 2.75. The summed E-state index contributed by atoms with van der Waals surface area (Å²) in [6.45, 7) is 8.59. The van der Waals surface area contributed by atoms with E-state index in [0.29, 0.717) is 28.6 Å². The topological polar surface area (TPSA) is 55.1 Å². The molecule has 1 amide bonds. The van der Waals surface area contributed by atoms with E-state index in [1.807, 2.05) is 0 Å². The van der Waals surface area contributed by atoms with Crippen molar-refractivity contribution in [1.82, 2.24) is 0 Å². The van der Waals surface area contributed by atoms with Crippen molar-refractivity contribution in [2.24, 2.45) is 17.1 Å². The van der Waals surface area contributed by atoms with Crippen molar-refractivity contribution >= 4 is 40.4 Å². The number of amides is 1. The Kier molecular flexibility index (Phi) is 6.17. The highest BCUT2D eigenvalue weighted by atomic mass is 35.5. The monoisotopic (exact) mass is 326 g/mol. The molecule has 0 bridgehead atoms. The minimum atomic E-state index is -0.0495. The molecule has 0 aliphatic rings. The first-order chi connectivity index (χ1) is 9.58. The summed E-state index contributed by atoms with van der Waals surface area (Å²) in [5.41, 5.74) is 7.07. The van der Waals surface area contributed by atoms with Crippen molar-refractivity contribution in [2.45, 2.75) is 40.5 Å². The van der Waals surface area contributed by atoms with Gasteiger partial charge in [-0.2, -0.15) is 0 Å². The van der Waals surface area contributed by atoms with Crippen LogP contribution in [0, 0.1) is 11.3 Å². The van der Waals surface area contributed by atoms with Gasteiger partial charge in [-0.05, 0) is 36.0 Å². The van der Waals surface area contributed by atoms with Crippen LogP contribution in [0.3, 0.4) is 0 Å². The van der Waals surface area contributed by atoms with Gasteiger partial charge in [0.15, 0.2) is 0 Å². The smallest absolute Gasteiger partial charge is 0.224 e. The van der Waals surface area contributed by atoms with E-state index < -0.39 is 0 Å². The second kappa shape index (κ2) is 7.23. The van der Waals surface area contributed by atoms with E-state index in [9.17, 15) is 4.79 Å². The van der Waals surface area contributed by atoms with E-state index in [1.165, 1.54) is 0 Å². The molecule has 1 atom stereocenters. The molecule has 116 valence electrons. The first-order valence-electron chi connectivity index (χ1n) is 6.97. The van der Waals surface area contributed by atoms with Crippen molar-refractivity contribution < 1.29 is 4.79 Å². The van der Waals surface area contributed by atoms with Crippen LogP contribution in [0.5, 0.6) is 0 Å². The zero-order valence-electron chi connectivity index (χ0n) is 13.0. The molecule has 5 heteroatoms. The van der Waals surface area contributed by atoms with Crippen LogP contribution >= 0.6 is 23.8 Å². The lowest BCUT2D eigenvalue weighted by Crippen LogP contribution is -2.21. The first kappa shape index (κ1) is 17.9. The number of nitrogens with two attached hydrogens (primary N) is 1. The van der Waals surface area contributed by atoms with Gasteiger partial charge in [-0.15, -0.1) is 0 Å². The van der Waals surface area contributed by atoms with E-state index >= 15 is 0 Å². The number of carbonyl (C=O) groups excluding carboxylic acids is 1. The molecule has 1 unspecified atom stereocenters. The minimum Gasteiger partial charge on any atom is -0.389 e. The van der Waals surface area contributed by atoms with Gasteiger partial charge in [-0.3, -0.25) is 4.79 Å². The molecule has 3 N–H and O–H groups in total. The summed E-state index contributed by atoms with van der Waals surface area (Å²) >= 11 is 11.0. The number of nitrogens with one attached hydrogen (secondary N) is 1. The Morgan fingerprint density at radius 1 is 1.43 bits per heavy atom. The third-order valence-electron chi connectivity index (χ3n) is 3.02. The Bertz CT molecular complexity index is 538. The van der Waals surface area contributed by atoms with Crippen LogP contribution in [0.2, 0.25) is 5.02 Å². The van der Waals surface area contributed by atoms with E-state index in [2.05, 4.69) is 33.0 Å². The van der Waals surface area contributed by atoms with E-state index in [-0.39, 0.29) is 16.3 Å². The predicted octanol–water partition coefficient (Wildman–Crippen LogP) is 4.38. The van der Waals surface area contributed by atoms with Gasteiger partial charge in [0.2, 0.25) is 5.91 Å². The standard InChI is InChI=1S/C16H23ClN2OS/c1-10(9-16(2,3)4)7-14(20)19-13-8-11(17)5-6-12(13)15(18)21/h5-6,8,10H,7,9H2,1-4H3,(H2,18,21)(H,19,20). The first-order valence-corrected chi connectivity index (χ1v) is 7.76. The van der Waals surface area contributed by atoms with Gasteiger partial charge in [0.25, 0.3) is 0 Å². The number of hydrogen-bond donors (Lipinski definition) is 2. The molecule has 0 aliphatic heterocycles. The molecule has 0 fully saturated rings. The summed E-state index contributed by atoms with van der Waals surface area (Å²) in [6.07, 6.45) is 1.44. The Hall–Kier alpha value is -1.13. The summed E-state index contributed by atoms with van der Waals surface area (Å²) in [7, 11) is 0. The molecule has 0 saturated heterocycles. The molecule has 21 heavy (non-hydrogen) atoms. The third-order valence-corrected chi connectivity index (χ3v) is 3.47. The van der Waals surface area contributed by atoms with Gasteiger partial charge in [0.05, 0.1) is 5.69 Å².